The number of hydrogen-bond donors (Lipinski definition) is 0. The Morgan fingerprint density at radius 1 is 0.789 bits per heavy atom. The summed E-state index contributed by atoms with van der Waals surface area (Å²) in [5, 5.41) is 3.01. The molecule has 0 saturated heterocycles. The second kappa shape index (κ2) is 10.4. The van der Waals surface area contributed by atoms with Crippen LogP contribution in [0.25, 0.3) is 28.3 Å². The molecule has 1 unspecified atom stereocenters. The van der Waals surface area contributed by atoms with Gasteiger partial charge in [-0.25, -0.2) is 0 Å². The zero-order valence-corrected chi connectivity index (χ0v) is 28.0. The van der Waals surface area contributed by atoms with Gasteiger partial charge in [-0.05, 0) is 0 Å². The summed E-state index contributed by atoms with van der Waals surface area (Å²) in [6, 6.07) is 29.3. The van der Waals surface area contributed by atoms with E-state index >= 15 is 0 Å². The third-order valence-corrected chi connectivity index (χ3v) is 22.9. The van der Waals surface area contributed by atoms with Crippen molar-refractivity contribution in [3.63, 3.8) is 0 Å². The Balaban J connectivity index is 1.55. The van der Waals surface area contributed by atoms with Gasteiger partial charge in [0.15, 0.2) is 0 Å². The fourth-order valence-electron chi connectivity index (χ4n) is 6.74. The van der Waals surface area contributed by atoms with Crippen molar-refractivity contribution in [3.05, 3.63) is 107 Å². The molecule has 0 bridgehead atoms. The zero-order valence-electron chi connectivity index (χ0n) is 22.6. The molecule has 38 heavy (non-hydrogen) atoms. The molecular formula is C34H34Cl2SiZr. The molecule has 1 heterocycles. The maximum absolute atomic E-state index is 7.81. The average molecular weight is 633 g/mol. The van der Waals surface area contributed by atoms with Crippen LogP contribution in [0.2, 0.25) is 0 Å². The van der Waals surface area contributed by atoms with Gasteiger partial charge in [0, 0.05) is 0 Å². The molecule has 1 aliphatic carbocycles. The molecule has 0 amide bonds. The predicted molar refractivity (Wildman–Crippen MR) is 167 cm³/mol. The molecule has 0 fully saturated rings. The molecule has 0 spiro atoms. The zero-order chi connectivity index (χ0) is 26.6. The molecule has 2 aliphatic rings. The van der Waals surface area contributed by atoms with Gasteiger partial charge >= 0.3 is 243 Å². The van der Waals surface area contributed by atoms with Crippen molar-refractivity contribution in [2.24, 2.45) is 0 Å². The standard InChI is InChI=1S/C22H25.C12H9Si.2ClH.Zr/c1-5-16-13-18-11-12-19(15(3)4)22(21(18)14-16)20-10-8-7-9-17(20)6-2;1-3-7-11-9(5-1)10-6-2-4-8-12(10)13-11;;;/h7-15H,5-6H2,1-4H3;1-7H,13H2;2*1H;/q;;;;+2/p-2. The van der Waals surface area contributed by atoms with Crippen LogP contribution in [0.3, 0.4) is 0 Å². The molecule has 0 aromatic heterocycles. The van der Waals surface area contributed by atoms with Crippen molar-refractivity contribution in [2.45, 2.75) is 50.1 Å². The first-order valence-corrected chi connectivity index (χ1v) is 24.3. The van der Waals surface area contributed by atoms with Crippen molar-refractivity contribution in [3.8, 4) is 22.3 Å². The first-order valence-electron chi connectivity index (χ1n) is 13.9. The van der Waals surface area contributed by atoms with Crippen LogP contribution in [0.1, 0.15) is 65.9 Å². The van der Waals surface area contributed by atoms with E-state index in [4.69, 9.17) is 17.0 Å². The summed E-state index contributed by atoms with van der Waals surface area (Å²) in [5.74, 6) is 0.430. The molecule has 0 N–H and O–H groups in total. The van der Waals surface area contributed by atoms with Crippen molar-refractivity contribution < 1.29 is 17.9 Å². The van der Waals surface area contributed by atoms with E-state index in [1.54, 1.807) is 0 Å². The van der Waals surface area contributed by atoms with E-state index < -0.39 is 27.4 Å². The van der Waals surface area contributed by atoms with Crippen LogP contribution < -0.4 is 13.6 Å². The Hall–Kier alpha value is -1.70. The summed E-state index contributed by atoms with van der Waals surface area (Å²) in [6.07, 6.45) is 4.44. The number of benzene rings is 4. The van der Waals surface area contributed by atoms with E-state index in [1.807, 2.05) is 0 Å². The van der Waals surface area contributed by atoms with Gasteiger partial charge < -0.3 is 0 Å². The summed E-state index contributed by atoms with van der Waals surface area (Å²) >= 11 is -3.94. The van der Waals surface area contributed by atoms with Crippen molar-refractivity contribution in [1.29, 1.82) is 0 Å². The van der Waals surface area contributed by atoms with Crippen molar-refractivity contribution in [2.75, 3.05) is 0 Å². The molecule has 0 nitrogen and oxygen atoms in total. The van der Waals surface area contributed by atoms with Crippen LogP contribution >= 0.6 is 17.0 Å². The van der Waals surface area contributed by atoms with Crippen LogP contribution in [-0.4, -0.2) is 9.52 Å². The van der Waals surface area contributed by atoms with Gasteiger partial charge in [0.2, 0.25) is 0 Å². The molecule has 6 rings (SSSR count). The molecular weight excluding hydrogens is 599 g/mol. The van der Waals surface area contributed by atoms with Crippen LogP contribution in [-0.2, 0) is 24.3 Å². The van der Waals surface area contributed by atoms with Gasteiger partial charge in [-0.1, -0.05) is 0 Å². The van der Waals surface area contributed by atoms with Crippen LogP contribution in [0.15, 0.2) is 84.4 Å². The number of halogens is 2. The second-order valence-corrected chi connectivity index (χ2v) is 26.8. The summed E-state index contributed by atoms with van der Waals surface area (Å²) in [5.41, 5.74) is 12.4. The summed E-state index contributed by atoms with van der Waals surface area (Å²) in [6.45, 7) is 9.13. The molecule has 0 saturated carbocycles. The van der Waals surface area contributed by atoms with E-state index in [2.05, 4.69) is 113 Å². The van der Waals surface area contributed by atoms with Crippen molar-refractivity contribution in [1.82, 2.24) is 0 Å². The molecule has 1 atom stereocenters. The molecule has 4 heteroatoms. The average Bonchev–Trinajstić information content (AvgIpc) is 3.51. The maximum atomic E-state index is 7.81. The third kappa shape index (κ3) is 4.19. The Bertz CT molecular complexity index is 1580. The Morgan fingerprint density at radius 3 is 2.24 bits per heavy atom. The van der Waals surface area contributed by atoms with Gasteiger partial charge in [-0.3, -0.25) is 0 Å². The van der Waals surface area contributed by atoms with E-state index in [0.29, 0.717) is 5.92 Å². The molecule has 192 valence electrons. The summed E-state index contributed by atoms with van der Waals surface area (Å²) in [4.78, 5) is 0. The number of hydrogen-bond acceptors (Lipinski definition) is 0. The Morgan fingerprint density at radius 2 is 1.50 bits per heavy atom. The van der Waals surface area contributed by atoms with E-state index in [-0.39, 0.29) is 3.63 Å². The summed E-state index contributed by atoms with van der Waals surface area (Å²) < 4.78 is 1.44. The summed E-state index contributed by atoms with van der Waals surface area (Å²) in [7, 11) is 15.0. The minimum atomic E-state index is -3.94. The SMILES string of the molecule is CCC1=Cc2c(ccc(C(C)C)c2-c2ccccc2CC)[CH]1[Zr]([Cl])([Cl])[c]1cccc2c1[SiH2]c1ccccc1-2. The third-order valence-electron chi connectivity index (χ3n) is 8.59. The number of aryl methyl sites for hydroxylation is 1. The van der Waals surface area contributed by atoms with E-state index in [1.165, 1.54) is 63.7 Å². The molecule has 4 aromatic carbocycles. The second-order valence-electron chi connectivity index (χ2n) is 11.0. The van der Waals surface area contributed by atoms with Crippen molar-refractivity contribution >= 4 is 46.3 Å². The Kier molecular flexibility index (Phi) is 7.23. The number of fused-ring (bicyclic) bond motifs is 4. The monoisotopic (exact) mass is 630 g/mol. The first-order chi connectivity index (χ1) is 18.4. The predicted octanol–water partition coefficient (Wildman–Crippen LogP) is 7.77. The van der Waals surface area contributed by atoms with Crippen LogP contribution in [0, 0.1) is 0 Å². The normalized spacial score (nSPS) is 16.5. The fourth-order valence-corrected chi connectivity index (χ4v) is 23.8. The van der Waals surface area contributed by atoms with E-state index in [0.717, 1.165) is 12.8 Å². The van der Waals surface area contributed by atoms with Gasteiger partial charge in [-0.2, -0.15) is 0 Å². The Labute approximate surface area is 241 Å². The van der Waals surface area contributed by atoms with Gasteiger partial charge in [0.1, 0.15) is 0 Å². The minimum absolute atomic E-state index is 0.130. The fraction of sp³-hybridized carbons (Fsp3) is 0.235. The molecule has 0 radical (unpaired) electrons. The van der Waals surface area contributed by atoms with Gasteiger partial charge in [-0.15, -0.1) is 0 Å². The van der Waals surface area contributed by atoms with Crippen LogP contribution in [0.4, 0.5) is 0 Å². The van der Waals surface area contributed by atoms with Crippen LogP contribution in [0.5, 0.6) is 0 Å². The number of allylic oxidation sites excluding steroid dienone is 1. The van der Waals surface area contributed by atoms with Gasteiger partial charge in [0.25, 0.3) is 0 Å². The quantitative estimate of drug-likeness (QED) is 0.168. The van der Waals surface area contributed by atoms with E-state index in [9.17, 15) is 0 Å². The molecule has 4 aromatic rings. The molecule has 1 aliphatic heterocycles. The first kappa shape index (κ1) is 26.5. The van der Waals surface area contributed by atoms with Gasteiger partial charge in [0.05, 0.1) is 0 Å². The number of rotatable bonds is 6. The topological polar surface area (TPSA) is 0 Å².